The van der Waals surface area contributed by atoms with Crippen molar-refractivity contribution in [2.24, 2.45) is 5.92 Å². The average molecular weight is 353 g/mol. The Labute approximate surface area is 164 Å². The molecule has 0 aromatic heterocycles. The van der Waals surface area contributed by atoms with Crippen molar-refractivity contribution in [3.63, 3.8) is 0 Å². The molecule has 0 heterocycles. The first-order valence-corrected chi connectivity index (χ1v) is 9.76. The van der Waals surface area contributed by atoms with Crippen LogP contribution in [-0.4, -0.2) is 0 Å². The van der Waals surface area contributed by atoms with Gasteiger partial charge in [0.1, 0.15) is 0 Å². The Balaban J connectivity index is 2.18. The van der Waals surface area contributed by atoms with E-state index in [1.54, 1.807) is 0 Å². The smallest absolute Gasteiger partial charge is 0.0172 e. The van der Waals surface area contributed by atoms with Gasteiger partial charge in [-0.15, -0.1) is 0 Å². The first kappa shape index (κ1) is 18.9. The molecule has 0 radical (unpaired) electrons. The molecule has 1 aliphatic rings. The largest absolute Gasteiger partial charge is 0.0876 e. The molecule has 1 unspecified atom stereocenters. The Morgan fingerprint density at radius 3 is 2.41 bits per heavy atom. The second-order valence-corrected chi connectivity index (χ2v) is 7.05. The van der Waals surface area contributed by atoms with E-state index >= 15 is 0 Å². The number of hydrogen-bond acceptors (Lipinski definition) is 0. The van der Waals surface area contributed by atoms with Crippen LogP contribution in [0.5, 0.6) is 0 Å². The molecule has 1 atom stereocenters. The van der Waals surface area contributed by atoms with Crippen molar-refractivity contribution in [2.45, 2.75) is 27.2 Å². The lowest BCUT2D eigenvalue weighted by Gasteiger charge is -2.16. The van der Waals surface area contributed by atoms with E-state index in [1.807, 2.05) is 0 Å². The predicted octanol–water partition coefficient (Wildman–Crippen LogP) is 7.87. The zero-order chi connectivity index (χ0) is 19.1. The number of benzene rings is 2. The highest BCUT2D eigenvalue weighted by molar-refractivity contribution is 5.85. The fourth-order valence-corrected chi connectivity index (χ4v) is 3.42. The molecule has 2 aromatic rings. The van der Waals surface area contributed by atoms with E-state index in [9.17, 15) is 0 Å². The van der Waals surface area contributed by atoms with Crippen LogP contribution in [0.25, 0.3) is 22.3 Å². The molecular formula is C27H28. The molecule has 0 spiro atoms. The topological polar surface area (TPSA) is 0 Å². The van der Waals surface area contributed by atoms with Crippen LogP contribution in [0.2, 0.25) is 0 Å². The number of rotatable bonds is 5. The van der Waals surface area contributed by atoms with Crippen LogP contribution in [0, 0.1) is 5.92 Å². The van der Waals surface area contributed by atoms with Gasteiger partial charge in [-0.25, -0.2) is 0 Å². The summed E-state index contributed by atoms with van der Waals surface area (Å²) in [5, 5.41) is 0. The van der Waals surface area contributed by atoms with Gasteiger partial charge >= 0.3 is 0 Å². The summed E-state index contributed by atoms with van der Waals surface area (Å²) in [6, 6.07) is 17.6. The monoisotopic (exact) mass is 352 g/mol. The Kier molecular flexibility index (Phi) is 6.44. The zero-order valence-corrected chi connectivity index (χ0v) is 16.5. The highest BCUT2D eigenvalue weighted by Gasteiger charge is 2.11. The van der Waals surface area contributed by atoms with E-state index in [1.165, 1.54) is 33.4 Å². The van der Waals surface area contributed by atoms with Crippen LogP contribution in [0.1, 0.15) is 38.3 Å². The molecule has 0 saturated carbocycles. The molecule has 0 nitrogen and oxygen atoms in total. The third-order valence-electron chi connectivity index (χ3n) is 4.79. The maximum atomic E-state index is 2.39. The zero-order valence-electron chi connectivity index (χ0n) is 16.5. The van der Waals surface area contributed by atoms with E-state index in [0.717, 1.165) is 6.42 Å². The molecule has 0 N–H and O–H groups in total. The minimum Gasteiger partial charge on any atom is -0.0876 e. The summed E-state index contributed by atoms with van der Waals surface area (Å²) >= 11 is 0. The molecule has 0 fully saturated rings. The van der Waals surface area contributed by atoms with Gasteiger partial charge in [-0.2, -0.15) is 0 Å². The first-order valence-electron chi connectivity index (χ1n) is 9.76. The molecule has 3 rings (SSSR count). The Morgan fingerprint density at radius 2 is 1.70 bits per heavy atom. The molecule has 1 aliphatic carbocycles. The van der Waals surface area contributed by atoms with Crippen LogP contribution < -0.4 is 0 Å². The van der Waals surface area contributed by atoms with Gasteiger partial charge < -0.3 is 0 Å². The molecule has 2 aromatic carbocycles. The third-order valence-corrected chi connectivity index (χ3v) is 4.79. The second-order valence-electron chi connectivity index (χ2n) is 7.05. The van der Waals surface area contributed by atoms with E-state index in [0.29, 0.717) is 5.92 Å². The Bertz CT molecular complexity index is 918. The normalized spacial score (nSPS) is 17.7. The summed E-state index contributed by atoms with van der Waals surface area (Å²) in [6.45, 7) is 6.40. The van der Waals surface area contributed by atoms with Crippen molar-refractivity contribution in [2.75, 3.05) is 0 Å². The maximum absolute atomic E-state index is 2.39. The number of hydrogen-bond donors (Lipinski definition) is 0. The van der Waals surface area contributed by atoms with Crippen molar-refractivity contribution in [3.05, 3.63) is 108 Å². The molecule has 136 valence electrons. The van der Waals surface area contributed by atoms with Crippen molar-refractivity contribution < 1.29 is 0 Å². The first-order chi connectivity index (χ1) is 13.2. The van der Waals surface area contributed by atoms with Crippen molar-refractivity contribution in [1.82, 2.24) is 0 Å². The van der Waals surface area contributed by atoms with Gasteiger partial charge in [-0.3, -0.25) is 0 Å². The molecule has 0 saturated heterocycles. The third kappa shape index (κ3) is 4.86. The van der Waals surface area contributed by atoms with E-state index in [2.05, 4.69) is 118 Å². The van der Waals surface area contributed by atoms with Gasteiger partial charge in [0, 0.05) is 0 Å². The quantitative estimate of drug-likeness (QED) is 0.480. The fraction of sp³-hybridized carbons (Fsp3) is 0.185. The molecule has 0 aliphatic heterocycles. The summed E-state index contributed by atoms with van der Waals surface area (Å²) in [5.41, 5.74) is 7.58. The van der Waals surface area contributed by atoms with Crippen LogP contribution in [-0.2, 0) is 0 Å². The lowest BCUT2D eigenvalue weighted by molar-refractivity contribution is 0.740. The van der Waals surface area contributed by atoms with Gasteiger partial charge in [0.2, 0.25) is 0 Å². The molecule has 0 bridgehead atoms. The standard InChI is InChI=1S/C27H28/c1-4-6-13-22(11-5-2)25-18-26(23-14-8-7-9-15-23)20-27(19-25)24-16-10-12-21(3)17-24/h4-11,13-21H,12H2,1-3H3/b6-4-,11-5-,22-13+. The average Bonchev–Trinajstić information content (AvgIpc) is 2.71. The summed E-state index contributed by atoms with van der Waals surface area (Å²) in [5.74, 6) is 0.586. The lowest BCUT2D eigenvalue weighted by atomic mass is 9.89. The minimum absolute atomic E-state index is 0.586. The van der Waals surface area contributed by atoms with Crippen LogP contribution in [0.15, 0.2) is 97.1 Å². The SMILES string of the molecule is C\C=C/C=C(\C=C/C)c1cc(C2=CC(C)CC=C2)cc(-c2ccccc2)c1. The van der Waals surface area contributed by atoms with Crippen molar-refractivity contribution >= 4 is 11.1 Å². The number of allylic oxidation sites excluding steroid dienone is 10. The Hall–Kier alpha value is -2.86. The van der Waals surface area contributed by atoms with Gasteiger partial charge in [0.25, 0.3) is 0 Å². The van der Waals surface area contributed by atoms with E-state index < -0.39 is 0 Å². The van der Waals surface area contributed by atoms with Crippen LogP contribution in [0.3, 0.4) is 0 Å². The fourth-order valence-electron chi connectivity index (χ4n) is 3.42. The summed E-state index contributed by atoms with van der Waals surface area (Å²) in [7, 11) is 0. The molecular weight excluding hydrogens is 324 g/mol. The van der Waals surface area contributed by atoms with Gasteiger partial charge in [0.15, 0.2) is 0 Å². The Morgan fingerprint density at radius 1 is 0.926 bits per heavy atom. The minimum atomic E-state index is 0.586. The van der Waals surface area contributed by atoms with Gasteiger partial charge in [-0.1, -0.05) is 85.9 Å². The highest BCUT2D eigenvalue weighted by Crippen LogP contribution is 2.32. The lowest BCUT2D eigenvalue weighted by Crippen LogP contribution is -1.96. The van der Waals surface area contributed by atoms with Crippen molar-refractivity contribution in [3.8, 4) is 11.1 Å². The van der Waals surface area contributed by atoms with Gasteiger partial charge in [0.05, 0.1) is 0 Å². The molecule has 27 heavy (non-hydrogen) atoms. The summed E-state index contributed by atoms with van der Waals surface area (Å²) in [4.78, 5) is 0. The van der Waals surface area contributed by atoms with E-state index in [-0.39, 0.29) is 0 Å². The second kappa shape index (κ2) is 9.19. The summed E-state index contributed by atoms with van der Waals surface area (Å²) in [6.07, 6.45) is 18.7. The van der Waals surface area contributed by atoms with Crippen LogP contribution >= 0.6 is 0 Å². The highest BCUT2D eigenvalue weighted by atomic mass is 14.2. The van der Waals surface area contributed by atoms with E-state index in [4.69, 9.17) is 0 Å². The molecule has 0 heteroatoms. The van der Waals surface area contributed by atoms with Crippen LogP contribution in [0.4, 0.5) is 0 Å². The summed E-state index contributed by atoms with van der Waals surface area (Å²) < 4.78 is 0. The predicted molar refractivity (Wildman–Crippen MR) is 120 cm³/mol. The van der Waals surface area contributed by atoms with Gasteiger partial charge in [-0.05, 0) is 77.8 Å². The maximum Gasteiger partial charge on any atom is -0.0172 e. The molecule has 0 amide bonds. The van der Waals surface area contributed by atoms with Crippen molar-refractivity contribution in [1.29, 1.82) is 0 Å².